The van der Waals surface area contributed by atoms with E-state index < -0.39 is 23.4 Å². The third kappa shape index (κ3) is 2.73. The van der Waals surface area contributed by atoms with Gasteiger partial charge >= 0.3 is 5.97 Å². The van der Waals surface area contributed by atoms with Gasteiger partial charge in [-0.2, -0.15) is 0 Å². The minimum absolute atomic E-state index is 0.187. The maximum atomic E-state index is 14.2. The number of hydrogen-bond donors (Lipinski definition) is 1. The number of aromatic nitrogens is 1. The van der Waals surface area contributed by atoms with Crippen molar-refractivity contribution in [2.24, 2.45) is 0 Å². The quantitative estimate of drug-likeness (QED) is 0.597. The summed E-state index contributed by atoms with van der Waals surface area (Å²) in [5, 5.41) is 0.443. The molecular weight excluding hydrogens is 384 g/mol. The van der Waals surface area contributed by atoms with Gasteiger partial charge < -0.3 is 14.5 Å². The van der Waals surface area contributed by atoms with Crippen molar-refractivity contribution in [3.63, 3.8) is 0 Å². The molecule has 0 amide bonds. The zero-order valence-electron chi connectivity index (χ0n) is 13.5. The van der Waals surface area contributed by atoms with Crippen LogP contribution in [0.3, 0.4) is 0 Å². The molecule has 1 aliphatic rings. The first-order valence-corrected chi connectivity index (χ1v) is 8.71. The van der Waals surface area contributed by atoms with Gasteiger partial charge in [0, 0.05) is 24.8 Å². The van der Waals surface area contributed by atoms with Crippen LogP contribution < -0.4 is 0 Å². The molecule has 24 heavy (non-hydrogen) atoms. The van der Waals surface area contributed by atoms with Crippen LogP contribution in [0.15, 0.2) is 10.5 Å². The van der Waals surface area contributed by atoms with Crippen LogP contribution in [0.4, 0.5) is 8.78 Å². The minimum Gasteiger partial charge on any atom is -0.427 e. The summed E-state index contributed by atoms with van der Waals surface area (Å²) in [6.45, 7) is 3.63. The van der Waals surface area contributed by atoms with Crippen molar-refractivity contribution in [1.29, 1.82) is 0 Å². The molecule has 0 radical (unpaired) electrons. The van der Waals surface area contributed by atoms with Crippen LogP contribution in [0.5, 0.6) is 0 Å². The molecule has 130 valence electrons. The molecule has 7 heteroatoms. The third-order valence-corrected chi connectivity index (χ3v) is 5.04. The zero-order chi connectivity index (χ0) is 17.5. The number of nitrogens with one attached hydrogen (secondary N) is 1. The Bertz CT molecular complexity index is 805. The number of carbonyl (C=O) groups excluding carboxylic acids is 1. The van der Waals surface area contributed by atoms with E-state index >= 15 is 0 Å². The van der Waals surface area contributed by atoms with E-state index in [0.717, 1.165) is 24.5 Å². The lowest BCUT2D eigenvalue weighted by Crippen LogP contribution is -2.39. The molecule has 1 aromatic heterocycles. The predicted molar refractivity (Wildman–Crippen MR) is 88.5 cm³/mol. The molecule has 0 saturated carbocycles. The van der Waals surface area contributed by atoms with Crippen LogP contribution in [0.1, 0.15) is 44.4 Å². The van der Waals surface area contributed by atoms with Crippen LogP contribution >= 0.6 is 15.9 Å². The number of esters is 1. The maximum absolute atomic E-state index is 14.2. The molecule has 0 saturated heterocycles. The fourth-order valence-corrected chi connectivity index (χ4v) is 3.81. The fourth-order valence-electron chi connectivity index (χ4n) is 3.26. The van der Waals surface area contributed by atoms with Crippen LogP contribution in [-0.2, 0) is 26.5 Å². The molecule has 1 aromatic carbocycles. The highest BCUT2D eigenvalue weighted by Crippen LogP contribution is 2.44. The third-order valence-electron chi connectivity index (χ3n) is 4.26. The van der Waals surface area contributed by atoms with Crippen molar-refractivity contribution in [2.45, 2.75) is 45.3 Å². The molecule has 1 unspecified atom stereocenters. The second kappa shape index (κ2) is 6.44. The van der Waals surface area contributed by atoms with Gasteiger partial charge in [-0.05, 0) is 34.3 Å². The summed E-state index contributed by atoms with van der Waals surface area (Å²) in [6.07, 6.45) is 2.57. The van der Waals surface area contributed by atoms with E-state index in [0.29, 0.717) is 30.5 Å². The number of fused-ring (bicyclic) bond motifs is 3. The number of halogens is 3. The van der Waals surface area contributed by atoms with Gasteiger partial charge in [0.15, 0.2) is 0 Å². The SMILES string of the molecule is CCCCC1(OC(C)=O)OCCc2c1[nH]c1c(F)cc(F)c(Br)c21. The second-order valence-corrected chi connectivity index (χ2v) is 6.72. The monoisotopic (exact) mass is 401 g/mol. The first kappa shape index (κ1) is 17.4. The number of benzene rings is 1. The predicted octanol–water partition coefficient (Wildman–Crippen LogP) is 4.69. The van der Waals surface area contributed by atoms with E-state index in [1.54, 1.807) is 0 Å². The fraction of sp³-hybridized carbons (Fsp3) is 0.471. The molecule has 0 fully saturated rings. The Morgan fingerprint density at radius 2 is 2.21 bits per heavy atom. The zero-order valence-corrected chi connectivity index (χ0v) is 15.1. The molecule has 1 atom stereocenters. The number of H-pyrrole nitrogens is 1. The first-order valence-electron chi connectivity index (χ1n) is 7.91. The molecule has 1 N–H and O–H groups in total. The Kier molecular flexibility index (Phi) is 4.66. The Morgan fingerprint density at radius 1 is 1.46 bits per heavy atom. The van der Waals surface area contributed by atoms with E-state index in [2.05, 4.69) is 20.9 Å². The minimum atomic E-state index is -1.28. The lowest BCUT2D eigenvalue weighted by atomic mass is 9.96. The van der Waals surface area contributed by atoms with Gasteiger partial charge in [-0.1, -0.05) is 13.3 Å². The molecule has 3 rings (SSSR count). The summed E-state index contributed by atoms with van der Waals surface area (Å²) in [5.74, 6) is -3.12. The molecule has 0 bridgehead atoms. The summed E-state index contributed by atoms with van der Waals surface area (Å²) in [6, 6.07) is 0.828. The van der Waals surface area contributed by atoms with Crippen molar-refractivity contribution in [1.82, 2.24) is 4.98 Å². The number of ether oxygens (including phenoxy) is 2. The molecule has 1 aliphatic heterocycles. The summed E-state index contributed by atoms with van der Waals surface area (Å²) in [4.78, 5) is 14.6. The highest BCUT2D eigenvalue weighted by Gasteiger charge is 2.43. The van der Waals surface area contributed by atoms with E-state index in [-0.39, 0.29) is 9.99 Å². The van der Waals surface area contributed by atoms with Gasteiger partial charge in [-0.25, -0.2) is 8.78 Å². The number of aromatic amines is 1. The van der Waals surface area contributed by atoms with Crippen molar-refractivity contribution < 1.29 is 23.0 Å². The van der Waals surface area contributed by atoms with Crippen molar-refractivity contribution >= 4 is 32.8 Å². The van der Waals surface area contributed by atoms with Crippen molar-refractivity contribution in [2.75, 3.05) is 6.61 Å². The Labute approximate surface area is 146 Å². The van der Waals surface area contributed by atoms with E-state index in [4.69, 9.17) is 9.47 Å². The lowest BCUT2D eigenvalue weighted by Gasteiger charge is -2.36. The molecule has 0 spiro atoms. The summed E-state index contributed by atoms with van der Waals surface area (Å²) < 4.78 is 39.7. The van der Waals surface area contributed by atoms with E-state index in [9.17, 15) is 13.6 Å². The molecule has 4 nitrogen and oxygen atoms in total. The van der Waals surface area contributed by atoms with Gasteiger partial charge in [0.25, 0.3) is 5.79 Å². The smallest absolute Gasteiger partial charge is 0.305 e. The van der Waals surface area contributed by atoms with E-state index in [1.165, 1.54) is 6.92 Å². The van der Waals surface area contributed by atoms with Crippen molar-refractivity contribution in [3.05, 3.63) is 33.4 Å². The summed E-state index contributed by atoms with van der Waals surface area (Å²) in [5.41, 5.74) is 1.41. The highest BCUT2D eigenvalue weighted by atomic mass is 79.9. The van der Waals surface area contributed by atoms with Crippen LogP contribution in [0.2, 0.25) is 0 Å². The second-order valence-electron chi connectivity index (χ2n) is 5.93. The van der Waals surface area contributed by atoms with Gasteiger partial charge in [-0.3, -0.25) is 4.79 Å². The van der Waals surface area contributed by atoms with Gasteiger partial charge in [0.1, 0.15) is 11.6 Å². The molecule has 2 heterocycles. The van der Waals surface area contributed by atoms with Crippen LogP contribution in [0.25, 0.3) is 10.9 Å². The summed E-state index contributed by atoms with van der Waals surface area (Å²) >= 11 is 3.20. The Balaban J connectivity index is 2.25. The largest absolute Gasteiger partial charge is 0.427 e. The average molecular weight is 402 g/mol. The molecular formula is C17H18BrF2NO3. The maximum Gasteiger partial charge on any atom is 0.305 e. The number of hydrogen-bond acceptors (Lipinski definition) is 3. The summed E-state index contributed by atoms with van der Waals surface area (Å²) in [7, 11) is 0. The topological polar surface area (TPSA) is 51.3 Å². The normalized spacial score (nSPS) is 20.2. The van der Waals surface area contributed by atoms with E-state index in [1.807, 2.05) is 6.92 Å². The Hall–Kier alpha value is -1.47. The van der Waals surface area contributed by atoms with Crippen LogP contribution in [-0.4, -0.2) is 17.6 Å². The van der Waals surface area contributed by atoms with Gasteiger partial charge in [-0.15, -0.1) is 0 Å². The number of carbonyl (C=O) groups is 1. The molecule has 2 aromatic rings. The number of unbranched alkanes of at least 4 members (excludes halogenated alkanes) is 1. The number of rotatable bonds is 4. The lowest BCUT2D eigenvalue weighted by molar-refractivity contribution is -0.248. The first-order chi connectivity index (χ1) is 11.4. The molecule has 0 aliphatic carbocycles. The van der Waals surface area contributed by atoms with Crippen molar-refractivity contribution in [3.8, 4) is 0 Å². The van der Waals surface area contributed by atoms with Gasteiger partial charge in [0.05, 0.1) is 22.3 Å². The average Bonchev–Trinajstić information content (AvgIpc) is 2.92. The van der Waals surface area contributed by atoms with Gasteiger partial charge in [0.2, 0.25) is 0 Å². The van der Waals surface area contributed by atoms with Crippen LogP contribution in [0, 0.1) is 11.6 Å². The Morgan fingerprint density at radius 3 is 2.88 bits per heavy atom. The highest BCUT2D eigenvalue weighted by molar-refractivity contribution is 9.10. The standard InChI is InChI=1S/C17H18BrF2NO3/c1-3-4-6-17(24-9(2)22)16-10(5-7-23-17)13-14(18)11(19)8-12(20)15(13)21-16/h8,21H,3-7H2,1-2H3.